The molecule has 114 valence electrons. The van der Waals surface area contributed by atoms with Crippen LogP contribution in [-0.2, 0) is 6.54 Å². The third kappa shape index (κ3) is 4.21. The summed E-state index contributed by atoms with van der Waals surface area (Å²) >= 11 is 6.88. The molecule has 0 bridgehead atoms. The highest BCUT2D eigenvalue weighted by atomic mass is 35.5. The van der Waals surface area contributed by atoms with Crippen LogP contribution in [0.4, 0.5) is 23.2 Å². The molecule has 2 aromatic rings. The first kappa shape index (κ1) is 15.8. The third-order valence-corrected chi connectivity index (χ3v) is 3.48. The van der Waals surface area contributed by atoms with Crippen LogP contribution in [0.5, 0.6) is 5.75 Å². The first-order valence-electron chi connectivity index (χ1n) is 5.66. The van der Waals surface area contributed by atoms with Crippen LogP contribution in [0.1, 0.15) is 4.88 Å². The molecule has 3 nitrogen and oxygen atoms in total. The second-order valence-electron chi connectivity index (χ2n) is 3.89. The van der Waals surface area contributed by atoms with Gasteiger partial charge >= 0.3 is 12.5 Å². The van der Waals surface area contributed by atoms with Crippen LogP contribution in [0, 0.1) is 0 Å². The first-order chi connectivity index (χ1) is 9.88. The summed E-state index contributed by atoms with van der Waals surface area (Å²) in [5.41, 5.74) is 0.169. The molecule has 0 radical (unpaired) electrons. The van der Waals surface area contributed by atoms with E-state index in [1.54, 1.807) is 6.07 Å². The van der Waals surface area contributed by atoms with Crippen LogP contribution in [0.15, 0.2) is 30.5 Å². The van der Waals surface area contributed by atoms with Gasteiger partial charge in [-0.05, 0) is 12.1 Å². The lowest BCUT2D eigenvalue weighted by Crippen LogP contribution is -2.33. The normalized spacial score (nSPS) is 11.7. The van der Waals surface area contributed by atoms with Crippen LogP contribution in [0.2, 0.25) is 4.47 Å². The molecule has 0 unspecified atom stereocenters. The maximum Gasteiger partial charge on any atom is 0.461 e. The number of halogens is 5. The SMILES string of the molecule is FC(F)C(F)(F)Oc1ccccc1NCc1cnc(Cl)s1. The fraction of sp³-hybridized carbons (Fsp3) is 0.250. The number of hydrogen-bond donors (Lipinski definition) is 1. The number of anilines is 1. The van der Waals surface area contributed by atoms with Crippen molar-refractivity contribution < 1.29 is 22.3 Å². The maximum atomic E-state index is 13.0. The monoisotopic (exact) mass is 340 g/mol. The molecule has 0 fully saturated rings. The molecule has 0 atom stereocenters. The van der Waals surface area contributed by atoms with Crippen LogP contribution in [0.25, 0.3) is 0 Å². The Morgan fingerprint density at radius 2 is 2.05 bits per heavy atom. The number of benzene rings is 1. The summed E-state index contributed by atoms with van der Waals surface area (Å²) in [5, 5.41) is 2.81. The number of hydrogen-bond acceptors (Lipinski definition) is 4. The summed E-state index contributed by atoms with van der Waals surface area (Å²) in [5.74, 6) is -0.363. The second kappa shape index (κ2) is 6.48. The molecule has 1 aromatic carbocycles. The lowest BCUT2D eigenvalue weighted by atomic mass is 10.3. The molecule has 21 heavy (non-hydrogen) atoms. The highest BCUT2D eigenvalue weighted by molar-refractivity contribution is 7.15. The van der Waals surface area contributed by atoms with Crippen molar-refractivity contribution in [3.05, 3.63) is 39.8 Å². The van der Waals surface area contributed by atoms with E-state index in [0.717, 1.165) is 4.88 Å². The van der Waals surface area contributed by atoms with Crippen molar-refractivity contribution in [2.45, 2.75) is 19.1 Å². The van der Waals surface area contributed by atoms with Gasteiger partial charge < -0.3 is 10.1 Å². The van der Waals surface area contributed by atoms with Crippen molar-refractivity contribution in [1.29, 1.82) is 0 Å². The molecule has 0 spiro atoms. The highest BCUT2D eigenvalue weighted by Crippen LogP contribution is 2.33. The summed E-state index contributed by atoms with van der Waals surface area (Å²) in [6.07, 6.45) is -6.94. The molecule has 1 aromatic heterocycles. The molecular formula is C12H9ClF4N2OS. The van der Waals surface area contributed by atoms with Gasteiger partial charge in [-0.1, -0.05) is 23.7 Å². The minimum absolute atomic E-state index is 0.169. The standard InChI is InChI=1S/C12H9ClF4N2OS/c13-11-19-6-7(21-11)5-18-8-3-1-2-4-9(8)20-12(16,17)10(14)15/h1-4,6,10,18H,5H2. The number of rotatable bonds is 6. The van der Waals surface area contributed by atoms with Gasteiger partial charge in [0.2, 0.25) is 0 Å². The topological polar surface area (TPSA) is 34.1 Å². The summed E-state index contributed by atoms with van der Waals surface area (Å²) in [4.78, 5) is 4.59. The van der Waals surface area contributed by atoms with E-state index >= 15 is 0 Å². The summed E-state index contributed by atoms with van der Waals surface area (Å²) < 4.78 is 54.7. The van der Waals surface area contributed by atoms with Crippen molar-refractivity contribution in [3.8, 4) is 5.75 Å². The predicted octanol–water partition coefficient (Wildman–Crippen LogP) is 4.65. The van der Waals surface area contributed by atoms with E-state index in [9.17, 15) is 17.6 Å². The molecule has 0 saturated carbocycles. The van der Waals surface area contributed by atoms with E-state index in [0.29, 0.717) is 4.47 Å². The van der Waals surface area contributed by atoms with Gasteiger partial charge in [0.15, 0.2) is 4.47 Å². The average molecular weight is 341 g/mol. The Kier molecular flexibility index (Phi) is 4.89. The van der Waals surface area contributed by atoms with Crippen LogP contribution in [-0.4, -0.2) is 17.5 Å². The van der Waals surface area contributed by atoms with Crippen molar-refractivity contribution in [2.24, 2.45) is 0 Å². The minimum atomic E-state index is -4.55. The number of ether oxygens (including phenoxy) is 1. The second-order valence-corrected chi connectivity index (χ2v) is 5.59. The Labute approximate surface area is 126 Å². The van der Waals surface area contributed by atoms with Crippen LogP contribution < -0.4 is 10.1 Å². The van der Waals surface area contributed by atoms with Gasteiger partial charge in [-0.3, -0.25) is 0 Å². The van der Waals surface area contributed by atoms with Crippen molar-refractivity contribution in [2.75, 3.05) is 5.32 Å². The molecule has 0 aliphatic rings. The summed E-state index contributed by atoms with van der Waals surface area (Å²) in [6.45, 7) is 0.255. The zero-order chi connectivity index (χ0) is 15.5. The van der Waals surface area contributed by atoms with Gasteiger partial charge in [0, 0.05) is 11.1 Å². The van der Waals surface area contributed by atoms with E-state index in [2.05, 4.69) is 15.0 Å². The molecule has 0 aliphatic carbocycles. The Bertz CT molecular complexity index is 608. The van der Waals surface area contributed by atoms with Crippen LogP contribution in [0.3, 0.4) is 0 Å². The maximum absolute atomic E-state index is 13.0. The molecule has 0 amide bonds. The van der Waals surface area contributed by atoms with Crippen molar-refractivity contribution in [3.63, 3.8) is 0 Å². The van der Waals surface area contributed by atoms with Crippen molar-refractivity contribution >= 4 is 28.6 Å². The van der Waals surface area contributed by atoms with Gasteiger partial charge in [-0.15, -0.1) is 11.3 Å². The van der Waals surface area contributed by atoms with E-state index in [1.807, 2.05) is 0 Å². The number of nitrogens with zero attached hydrogens (tertiary/aromatic N) is 1. The molecule has 0 aliphatic heterocycles. The smallest absolute Gasteiger partial charge is 0.426 e. The number of thiazole rings is 1. The predicted molar refractivity (Wildman–Crippen MR) is 72.5 cm³/mol. The zero-order valence-corrected chi connectivity index (χ0v) is 11.9. The number of nitrogens with one attached hydrogen (secondary N) is 1. The fourth-order valence-electron chi connectivity index (χ4n) is 1.44. The zero-order valence-electron chi connectivity index (χ0n) is 10.3. The van der Waals surface area contributed by atoms with Gasteiger partial charge in [0.05, 0.1) is 12.2 Å². The average Bonchev–Trinajstić information content (AvgIpc) is 2.83. The largest absolute Gasteiger partial charge is 0.461 e. The van der Waals surface area contributed by atoms with Gasteiger partial charge in [-0.2, -0.15) is 17.6 Å². The van der Waals surface area contributed by atoms with Crippen molar-refractivity contribution in [1.82, 2.24) is 4.98 Å². The molecule has 1 heterocycles. The molecular weight excluding hydrogens is 332 g/mol. The number of aromatic nitrogens is 1. The molecule has 1 N–H and O–H groups in total. The molecule has 9 heteroatoms. The fourth-order valence-corrected chi connectivity index (χ4v) is 2.36. The van der Waals surface area contributed by atoms with Gasteiger partial charge in [0.25, 0.3) is 0 Å². The van der Waals surface area contributed by atoms with Gasteiger partial charge in [0.1, 0.15) is 5.75 Å². The molecule has 2 rings (SSSR count). The summed E-state index contributed by atoms with van der Waals surface area (Å²) in [6, 6.07) is 5.60. The third-order valence-electron chi connectivity index (χ3n) is 2.37. The van der Waals surface area contributed by atoms with Gasteiger partial charge in [-0.25, -0.2) is 4.98 Å². The van der Waals surface area contributed by atoms with E-state index in [-0.39, 0.29) is 18.0 Å². The van der Waals surface area contributed by atoms with E-state index in [1.165, 1.54) is 35.7 Å². The molecule has 0 saturated heterocycles. The quantitative estimate of drug-likeness (QED) is 0.777. The number of alkyl halides is 4. The Morgan fingerprint density at radius 3 is 2.67 bits per heavy atom. The Balaban J connectivity index is 2.10. The van der Waals surface area contributed by atoms with E-state index in [4.69, 9.17) is 11.6 Å². The van der Waals surface area contributed by atoms with Crippen LogP contribution >= 0.6 is 22.9 Å². The summed E-state index contributed by atoms with van der Waals surface area (Å²) in [7, 11) is 0. The number of para-hydroxylation sites is 2. The minimum Gasteiger partial charge on any atom is -0.426 e. The van der Waals surface area contributed by atoms with E-state index < -0.39 is 12.5 Å². The Hall–Kier alpha value is -1.54. The Morgan fingerprint density at radius 1 is 1.33 bits per heavy atom. The lowest BCUT2D eigenvalue weighted by Gasteiger charge is -2.19. The first-order valence-corrected chi connectivity index (χ1v) is 6.86. The lowest BCUT2D eigenvalue weighted by molar-refractivity contribution is -0.252. The highest BCUT2D eigenvalue weighted by Gasteiger charge is 2.44.